The highest BCUT2D eigenvalue weighted by atomic mass is 16.6. The van der Waals surface area contributed by atoms with Gasteiger partial charge in [-0.3, -0.25) is 10.1 Å². The molecule has 0 aromatic heterocycles. The average Bonchev–Trinajstić information content (AvgIpc) is 2.96. The van der Waals surface area contributed by atoms with Crippen LogP contribution in [-0.2, 0) is 0 Å². The molecule has 0 fully saturated rings. The Morgan fingerprint density at radius 2 is 2.00 bits per heavy atom. The minimum atomic E-state index is -0.316. The third-order valence-electron chi connectivity index (χ3n) is 3.79. The fraction of sp³-hybridized carbons (Fsp3) is 0.0667. The van der Waals surface area contributed by atoms with Crippen LogP contribution in [0.2, 0.25) is 0 Å². The minimum Gasteiger partial charge on any atom is -0.366 e. The zero-order valence-electron chi connectivity index (χ0n) is 10.5. The highest BCUT2D eigenvalue weighted by Gasteiger charge is 2.35. The number of benzene rings is 2. The number of nitro benzene ring substituents is 1. The van der Waals surface area contributed by atoms with Crippen molar-refractivity contribution < 1.29 is 4.92 Å². The lowest BCUT2D eigenvalue weighted by Gasteiger charge is -2.33. The van der Waals surface area contributed by atoms with Crippen molar-refractivity contribution >= 4 is 11.4 Å². The molecule has 0 amide bonds. The molecule has 0 spiro atoms. The van der Waals surface area contributed by atoms with Crippen molar-refractivity contribution in [2.45, 2.75) is 6.17 Å². The van der Waals surface area contributed by atoms with Crippen molar-refractivity contribution in [3.8, 4) is 11.1 Å². The first-order valence-corrected chi connectivity index (χ1v) is 6.35. The standard InChI is InChI=1S/C15H11N3O2/c19-18(20)13-7-3-6-12-14(13)10-4-1-2-5-11(10)15-16-8-9-17(12)15/h1-9,15-16H. The molecule has 0 saturated carbocycles. The first-order chi connectivity index (χ1) is 9.77. The van der Waals surface area contributed by atoms with Gasteiger partial charge in [0.25, 0.3) is 5.69 Å². The van der Waals surface area contributed by atoms with Gasteiger partial charge in [-0.25, -0.2) is 0 Å². The Morgan fingerprint density at radius 3 is 2.85 bits per heavy atom. The Morgan fingerprint density at radius 1 is 1.15 bits per heavy atom. The van der Waals surface area contributed by atoms with Gasteiger partial charge in [-0.1, -0.05) is 30.3 Å². The van der Waals surface area contributed by atoms with Crippen LogP contribution in [0.4, 0.5) is 11.4 Å². The van der Waals surface area contributed by atoms with Crippen molar-refractivity contribution in [2.75, 3.05) is 4.90 Å². The second kappa shape index (κ2) is 3.84. The molecule has 2 aliphatic heterocycles. The van der Waals surface area contributed by atoms with E-state index in [4.69, 9.17) is 0 Å². The number of nitrogens with zero attached hydrogens (tertiary/aromatic N) is 2. The van der Waals surface area contributed by atoms with Crippen LogP contribution in [-0.4, -0.2) is 4.92 Å². The first kappa shape index (κ1) is 11.0. The summed E-state index contributed by atoms with van der Waals surface area (Å²) >= 11 is 0. The van der Waals surface area contributed by atoms with Crippen molar-refractivity contribution in [3.05, 3.63) is 70.5 Å². The number of rotatable bonds is 1. The molecular formula is C15H11N3O2. The fourth-order valence-corrected chi connectivity index (χ4v) is 2.97. The maximum atomic E-state index is 11.3. The summed E-state index contributed by atoms with van der Waals surface area (Å²) < 4.78 is 0. The normalized spacial score (nSPS) is 18.0. The summed E-state index contributed by atoms with van der Waals surface area (Å²) in [6.07, 6.45) is 3.80. The van der Waals surface area contributed by atoms with E-state index in [0.29, 0.717) is 5.56 Å². The third-order valence-corrected chi connectivity index (χ3v) is 3.79. The van der Waals surface area contributed by atoms with Gasteiger partial charge in [-0.15, -0.1) is 0 Å². The van der Waals surface area contributed by atoms with Crippen LogP contribution < -0.4 is 10.2 Å². The van der Waals surface area contributed by atoms with E-state index in [1.54, 1.807) is 12.1 Å². The summed E-state index contributed by atoms with van der Waals surface area (Å²) in [5, 5.41) is 14.6. The molecule has 2 aromatic rings. The van der Waals surface area contributed by atoms with E-state index in [1.165, 1.54) is 0 Å². The van der Waals surface area contributed by atoms with Gasteiger partial charge in [0.15, 0.2) is 0 Å². The SMILES string of the molecule is O=[N+]([O-])c1cccc2c1-c1ccccc1C1NC=CN21. The summed E-state index contributed by atoms with van der Waals surface area (Å²) in [7, 11) is 0. The Bertz CT molecular complexity index is 755. The molecule has 0 saturated heterocycles. The van der Waals surface area contributed by atoms with Gasteiger partial charge in [0.2, 0.25) is 0 Å². The molecular weight excluding hydrogens is 254 g/mol. The molecule has 5 nitrogen and oxygen atoms in total. The largest absolute Gasteiger partial charge is 0.366 e. The molecule has 2 heterocycles. The average molecular weight is 265 g/mol. The van der Waals surface area contributed by atoms with Crippen molar-refractivity contribution in [1.29, 1.82) is 0 Å². The summed E-state index contributed by atoms with van der Waals surface area (Å²) in [4.78, 5) is 13.0. The minimum absolute atomic E-state index is 0.0145. The second-order valence-corrected chi connectivity index (χ2v) is 4.81. The van der Waals surface area contributed by atoms with E-state index in [0.717, 1.165) is 16.8 Å². The second-order valence-electron chi connectivity index (χ2n) is 4.81. The monoisotopic (exact) mass is 265 g/mol. The molecule has 4 rings (SSSR count). The first-order valence-electron chi connectivity index (χ1n) is 6.35. The van der Waals surface area contributed by atoms with Crippen LogP contribution >= 0.6 is 0 Å². The molecule has 98 valence electrons. The lowest BCUT2D eigenvalue weighted by Crippen LogP contribution is -2.30. The van der Waals surface area contributed by atoms with E-state index < -0.39 is 0 Å². The molecule has 2 aromatic carbocycles. The summed E-state index contributed by atoms with van der Waals surface area (Å²) in [5.74, 6) is 0. The third kappa shape index (κ3) is 1.31. The highest BCUT2D eigenvalue weighted by molar-refractivity contribution is 5.91. The molecule has 0 radical (unpaired) electrons. The molecule has 1 atom stereocenters. The van der Waals surface area contributed by atoms with Crippen molar-refractivity contribution in [2.24, 2.45) is 0 Å². The van der Waals surface area contributed by atoms with E-state index in [-0.39, 0.29) is 16.8 Å². The Hall–Kier alpha value is -2.82. The van der Waals surface area contributed by atoms with Crippen LogP contribution in [0.3, 0.4) is 0 Å². The fourth-order valence-electron chi connectivity index (χ4n) is 2.97. The summed E-state index contributed by atoms with van der Waals surface area (Å²) in [6, 6.07) is 13.0. The maximum absolute atomic E-state index is 11.3. The van der Waals surface area contributed by atoms with Gasteiger partial charge in [0.1, 0.15) is 6.17 Å². The van der Waals surface area contributed by atoms with Gasteiger partial charge < -0.3 is 10.2 Å². The zero-order chi connectivity index (χ0) is 13.7. The topological polar surface area (TPSA) is 58.4 Å². The predicted molar refractivity (Wildman–Crippen MR) is 76.0 cm³/mol. The summed E-state index contributed by atoms with van der Waals surface area (Å²) in [5.41, 5.74) is 3.68. The smallest absolute Gasteiger partial charge is 0.279 e. The lowest BCUT2D eigenvalue weighted by molar-refractivity contribution is -0.384. The molecule has 0 aliphatic carbocycles. The van der Waals surface area contributed by atoms with Gasteiger partial charge in [0.05, 0.1) is 16.2 Å². The van der Waals surface area contributed by atoms with Crippen molar-refractivity contribution in [3.63, 3.8) is 0 Å². The lowest BCUT2D eigenvalue weighted by atomic mass is 9.90. The number of fused-ring (bicyclic) bond motifs is 6. The van der Waals surface area contributed by atoms with Crippen LogP contribution in [0.5, 0.6) is 0 Å². The van der Waals surface area contributed by atoms with E-state index in [2.05, 4.69) is 5.32 Å². The summed E-state index contributed by atoms with van der Waals surface area (Å²) in [6.45, 7) is 0. The highest BCUT2D eigenvalue weighted by Crippen LogP contribution is 2.48. The molecule has 20 heavy (non-hydrogen) atoms. The Labute approximate surface area is 115 Å². The van der Waals surface area contributed by atoms with Crippen LogP contribution in [0.1, 0.15) is 11.7 Å². The number of nitro groups is 1. The zero-order valence-corrected chi connectivity index (χ0v) is 10.5. The van der Waals surface area contributed by atoms with Gasteiger partial charge >= 0.3 is 0 Å². The van der Waals surface area contributed by atoms with Gasteiger partial charge in [-0.2, -0.15) is 0 Å². The van der Waals surface area contributed by atoms with Gasteiger partial charge in [-0.05, 0) is 11.6 Å². The van der Waals surface area contributed by atoms with Crippen molar-refractivity contribution in [1.82, 2.24) is 5.32 Å². The number of anilines is 1. The van der Waals surface area contributed by atoms with E-state index in [1.807, 2.05) is 47.6 Å². The molecule has 1 unspecified atom stereocenters. The number of hydrogen-bond donors (Lipinski definition) is 1. The quantitative estimate of drug-likeness (QED) is 0.635. The maximum Gasteiger partial charge on any atom is 0.279 e. The number of hydrogen-bond acceptors (Lipinski definition) is 4. The molecule has 2 aliphatic rings. The molecule has 1 N–H and O–H groups in total. The van der Waals surface area contributed by atoms with Crippen LogP contribution in [0.25, 0.3) is 11.1 Å². The van der Waals surface area contributed by atoms with Gasteiger partial charge in [0, 0.05) is 24.0 Å². The van der Waals surface area contributed by atoms with E-state index >= 15 is 0 Å². The van der Waals surface area contributed by atoms with Crippen LogP contribution in [0, 0.1) is 10.1 Å². The van der Waals surface area contributed by atoms with E-state index in [9.17, 15) is 10.1 Å². The number of nitrogens with one attached hydrogen (secondary N) is 1. The Balaban J connectivity index is 2.09. The Kier molecular flexibility index (Phi) is 2.12. The molecule has 5 heteroatoms. The predicted octanol–water partition coefficient (Wildman–Crippen LogP) is 3.15. The molecule has 0 bridgehead atoms. The van der Waals surface area contributed by atoms with Crippen LogP contribution in [0.15, 0.2) is 54.9 Å².